The molecule has 7 nitrogen and oxygen atoms in total. The first-order chi connectivity index (χ1) is 16.8. The lowest BCUT2D eigenvalue weighted by molar-refractivity contribution is -0.133. The van der Waals surface area contributed by atoms with E-state index in [0.29, 0.717) is 13.1 Å². The van der Waals surface area contributed by atoms with Crippen LogP contribution in [0.2, 0.25) is 0 Å². The van der Waals surface area contributed by atoms with E-state index in [2.05, 4.69) is 47.7 Å². The van der Waals surface area contributed by atoms with E-state index in [4.69, 9.17) is 9.47 Å². The Bertz CT molecular complexity index is 1100. The molecule has 1 amide bonds. The van der Waals surface area contributed by atoms with Gasteiger partial charge in [0.2, 0.25) is 5.91 Å². The van der Waals surface area contributed by atoms with Gasteiger partial charge in [-0.1, -0.05) is 42.1 Å². The van der Waals surface area contributed by atoms with Crippen LogP contribution in [0.3, 0.4) is 0 Å². The van der Waals surface area contributed by atoms with Crippen molar-refractivity contribution in [3.63, 3.8) is 0 Å². The lowest BCUT2D eigenvalue weighted by Gasteiger charge is -2.36. The average Bonchev–Trinajstić information content (AvgIpc) is 3.51. The first kappa shape index (κ1) is 25.3. The molecular formula is C27H34N4O3S. The van der Waals surface area contributed by atoms with Crippen LogP contribution in [0.4, 0.5) is 0 Å². The van der Waals surface area contributed by atoms with Crippen LogP contribution in [0.15, 0.2) is 59.8 Å². The van der Waals surface area contributed by atoms with Crippen molar-refractivity contribution >= 4 is 17.7 Å². The number of aromatic nitrogens is 3. The molecule has 0 bridgehead atoms. The second-order valence-electron chi connectivity index (χ2n) is 9.71. The molecule has 0 radical (unpaired) electrons. The third-order valence-corrected chi connectivity index (χ3v) is 7.05. The minimum atomic E-state index is -0.299. The van der Waals surface area contributed by atoms with Gasteiger partial charge in [-0.2, -0.15) is 0 Å². The fraction of sp³-hybridized carbons (Fsp3) is 0.444. The van der Waals surface area contributed by atoms with Gasteiger partial charge in [0, 0.05) is 24.3 Å². The Morgan fingerprint density at radius 2 is 1.89 bits per heavy atom. The number of methoxy groups -OCH3 is 1. The van der Waals surface area contributed by atoms with Crippen molar-refractivity contribution in [3.8, 4) is 17.1 Å². The standard InChI is InChI=1S/C27H34N4O3S/c1-27(2,3)31(17-20-9-6-5-7-10-20)24(32)19-35-26-29-28-25(21-12-14-22(33-4)15-13-21)30(26)18-23-11-8-16-34-23/h5-7,9-10,12-15,23H,8,11,16-19H2,1-4H3. The van der Waals surface area contributed by atoms with Crippen LogP contribution < -0.4 is 4.74 Å². The van der Waals surface area contributed by atoms with Gasteiger partial charge in [-0.25, -0.2) is 0 Å². The molecule has 186 valence electrons. The molecule has 4 rings (SSSR count). The van der Waals surface area contributed by atoms with E-state index in [1.165, 1.54) is 11.8 Å². The minimum Gasteiger partial charge on any atom is -0.497 e. The Hall–Kier alpha value is -2.84. The molecule has 1 unspecified atom stereocenters. The van der Waals surface area contributed by atoms with Crippen molar-refractivity contribution in [2.45, 2.75) is 63.5 Å². The highest BCUT2D eigenvalue weighted by molar-refractivity contribution is 7.99. The van der Waals surface area contributed by atoms with Gasteiger partial charge >= 0.3 is 0 Å². The van der Waals surface area contributed by atoms with Crippen LogP contribution in [-0.2, 0) is 22.6 Å². The van der Waals surface area contributed by atoms with Crippen molar-refractivity contribution in [2.75, 3.05) is 19.5 Å². The third kappa shape index (κ3) is 6.44. The van der Waals surface area contributed by atoms with E-state index in [0.717, 1.165) is 47.3 Å². The lowest BCUT2D eigenvalue weighted by Crippen LogP contribution is -2.46. The van der Waals surface area contributed by atoms with Gasteiger partial charge in [-0.05, 0) is 63.4 Å². The van der Waals surface area contributed by atoms with E-state index in [1.807, 2.05) is 47.4 Å². The number of ether oxygens (including phenoxy) is 2. The number of hydrogen-bond donors (Lipinski definition) is 0. The summed E-state index contributed by atoms with van der Waals surface area (Å²) in [5.74, 6) is 1.93. The molecule has 0 aliphatic carbocycles. The summed E-state index contributed by atoms with van der Waals surface area (Å²) in [7, 11) is 1.65. The molecular weight excluding hydrogens is 460 g/mol. The van der Waals surface area contributed by atoms with Gasteiger partial charge in [0.15, 0.2) is 11.0 Å². The molecule has 8 heteroatoms. The van der Waals surface area contributed by atoms with Gasteiger partial charge in [0.1, 0.15) is 5.75 Å². The van der Waals surface area contributed by atoms with E-state index >= 15 is 0 Å². The number of rotatable bonds is 9. The van der Waals surface area contributed by atoms with Crippen LogP contribution in [-0.4, -0.2) is 56.7 Å². The normalized spacial score (nSPS) is 15.8. The highest BCUT2D eigenvalue weighted by Crippen LogP contribution is 2.29. The van der Waals surface area contributed by atoms with Crippen LogP contribution >= 0.6 is 11.8 Å². The number of thioether (sulfide) groups is 1. The summed E-state index contributed by atoms with van der Waals surface area (Å²) in [6.07, 6.45) is 2.20. The first-order valence-corrected chi connectivity index (χ1v) is 13.0. The molecule has 1 aliphatic rings. The van der Waals surface area contributed by atoms with Crippen molar-refractivity contribution in [2.24, 2.45) is 0 Å². The van der Waals surface area contributed by atoms with Crippen LogP contribution in [0.1, 0.15) is 39.2 Å². The molecule has 1 saturated heterocycles. The highest BCUT2D eigenvalue weighted by Gasteiger charge is 2.28. The van der Waals surface area contributed by atoms with Gasteiger partial charge in [0.05, 0.1) is 25.5 Å². The SMILES string of the molecule is COc1ccc(-c2nnc(SCC(=O)N(Cc3ccccc3)C(C)(C)C)n2CC2CCCO2)cc1. The fourth-order valence-electron chi connectivity index (χ4n) is 4.18. The topological polar surface area (TPSA) is 69.5 Å². The number of nitrogens with zero attached hydrogens (tertiary/aromatic N) is 4. The second-order valence-corrected chi connectivity index (χ2v) is 10.6. The average molecular weight is 495 g/mol. The smallest absolute Gasteiger partial charge is 0.233 e. The number of hydrogen-bond acceptors (Lipinski definition) is 6. The van der Waals surface area contributed by atoms with Crippen LogP contribution in [0.25, 0.3) is 11.4 Å². The molecule has 2 aromatic carbocycles. The van der Waals surface area contributed by atoms with Crippen LogP contribution in [0, 0.1) is 0 Å². The summed E-state index contributed by atoms with van der Waals surface area (Å²) in [4.78, 5) is 15.3. The minimum absolute atomic E-state index is 0.0732. The maximum atomic E-state index is 13.4. The van der Waals surface area contributed by atoms with Gasteiger partial charge < -0.3 is 14.4 Å². The summed E-state index contributed by atoms with van der Waals surface area (Å²) in [5, 5.41) is 9.70. The Labute approximate surface area is 211 Å². The second kappa shape index (κ2) is 11.3. The summed E-state index contributed by atoms with van der Waals surface area (Å²) in [5.41, 5.74) is 1.77. The molecule has 1 atom stereocenters. The zero-order chi connectivity index (χ0) is 24.8. The summed E-state index contributed by atoms with van der Waals surface area (Å²) >= 11 is 1.43. The fourth-order valence-corrected chi connectivity index (χ4v) is 5.00. The van der Waals surface area contributed by atoms with Crippen molar-refractivity contribution in [3.05, 3.63) is 60.2 Å². The Morgan fingerprint density at radius 3 is 2.51 bits per heavy atom. The molecule has 1 aromatic heterocycles. The molecule has 1 aliphatic heterocycles. The molecule has 35 heavy (non-hydrogen) atoms. The molecule has 2 heterocycles. The first-order valence-electron chi connectivity index (χ1n) is 12.0. The Kier molecular flexibility index (Phi) is 8.13. The predicted molar refractivity (Wildman–Crippen MR) is 138 cm³/mol. The number of carbonyl (C=O) groups is 1. The quantitative estimate of drug-likeness (QED) is 0.388. The predicted octanol–water partition coefficient (Wildman–Crippen LogP) is 5.05. The summed E-state index contributed by atoms with van der Waals surface area (Å²) < 4.78 is 13.3. The van der Waals surface area contributed by atoms with Gasteiger partial charge in [-0.15, -0.1) is 10.2 Å². The zero-order valence-corrected chi connectivity index (χ0v) is 21.8. The van der Waals surface area contributed by atoms with Gasteiger partial charge in [0.25, 0.3) is 0 Å². The number of benzene rings is 2. The van der Waals surface area contributed by atoms with Gasteiger partial charge in [-0.3, -0.25) is 9.36 Å². The lowest BCUT2D eigenvalue weighted by atomic mass is 10.0. The summed E-state index contributed by atoms with van der Waals surface area (Å²) in [6, 6.07) is 17.9. The van der Waals surface area contributed by atoms with Crippen molar-refractivity contribution in [1.82, 2.24) is 19.7 Å². The van der Waals surface area contributed by atoms with E-state index in [-0.39, 0.29) is 23.3 Å². The van der Waals surface area contributed by atoms with E-state index in [9.17, 15) is 4.79 Å². The molecule has 0 saturated carbocycles. The van der Waals surface area contributed by atoms with Crippen molar-refractivity contribution < 1.29 is 14.3 Å². The monoisotopic (exact) mass is 494 g/mol. The summed E-state index contributed by atoms with van der Waals surface area (Å²) in [6.45, 7) is 8.23. The van der Waals surface area contributed by atoms with E-state index in [1.54, 1.807) is 7.11 Å². The maximum absolute atomic E-state index is 13.4. The zero-order valence-electron chi connectivity index (χ0n) is 20.9. The van der Waals surface area contributed by atoms with E-state index < -0.39 is 0 Å². The largest absolute Gasteiger partial charge is 0.497 e. The molecule has 0 spiro atoms. The Balaban J connectivity index is 1.54. The molecule has 0 N–H and O–H groups in total. The molecule has 1 fully saturated rings. The highest BCUT2D eigenvalue weighted by atomic mass is 32.2. The third-order valence-electron chi connectivity index (χ3n) is 6.09. The maximum Gasteiger partial charge on any atom is 0.233 e. The number of carbonyl (C=O) groups excluding carboxylic acids is 1. The Morgan fingerprint density at radius 1 is 1.14 bits per heavy atom. The van der Waals surface area contributed by atoms with Crippen molar-refractivity contribution in [1.29, 1.82) is 0 Å². The number of amides is 1. The molecule has 3 aromatic rings. The van der Waals surface area contributed by atoms with Crippen LogP contribution in [0.5, 0.6) is 5.75 Å².